The summed E-state index contributed by atoms with van der Waals surface area (Å²) < 4.78 is 12.1. The van der Waals surface area contributed by atoms with Crippen LogP contribution in [0, 0.1) is 0 Å². The molecule has 8 rings (SSSR count). The first kappa shape index (κ1) is 40.2. The zero-order valence-electron chi connectivity index (χ0n) is 33.8. The van der Waals surface area contributed by atoms with Crippen molar-refractivity contribution in [2.24, 2.45) is 0 Å². The van der Waals surface area contributed by atoms with Gasteiger partial charge in [0.15, 0.2) is 0 Å². The summed E-state index contributed by atoms with van der Waals surface area (Å²) in [6.07, 6.45) is 4.19. The third-order valence-electron chi connectivity index (χ3n) is 10.5. The van der Waals surface area contributed by atoms with Crippen LogP contribution in [-0.4, -0.2) is 0 Å². The summed E-state index contributed by atoms with van der Waals surface area (Å²) in [7, 11) is 0. The van der Waals surface area contributed by atoms with Gasteiger partial charge in [-0.3, -0.25) is 0 Å². The van der Waals surface area contributed by atoms with E-state index >= 15 is 0 Å². The molecule has 6 aromatic carbocycles. The summed E-state index contributed by atoms with van der Waals surface area (Å²) in [5.74, 6) is 4.05. The fourth-order valence-corrected chi connectivity index (χ4v) is 7.38. The van der Waals surface area contributed by atoms with Crippen molar-refractivity contribution in [3.63, 3.8) is 0 Å². The molecule has 0 unspecified atom stereocenters. The zero-order chi connectivity index (χ0) is 38.0. The minimum absolute atomic E-state index is 0. The molecular weight excluding hydrogens is 835 g/mol. The summed E-state index contributed by atoms with van der Waals surface area (Å²) in [4.78, 5) is 0. The standard InChI is InChI=1S/2C26H27O.Hf/c2*1-5-7-22-14-15-25(27-22)20-16-19-8-6-9-23(24(19)17-20)18-10-12-21(13-11-18)26(2,3)4;/h2*6,8-17H,5,7H2,1-4H3;/q2*-1;. The summed E-state index contributed by atoms with van der Waals surface area (Å²) in [6, 6.07) is 48.4. The van der Waals surface area contributed by atoms with Gasteiger partial charge in [-0.05, 0) is 70.2 Å². The maximum absolute atomic E-state index is 6.04. The number of rotatable bonds is 8. The van der Waals surface area contributed by atoms with Crippen LogP contribution in [0.5, 0.6) is 0 Å². The molecule has 0 aliphatic rings. The van der Waals surface area contributed by atoms with Crippen LogP contribution in [0.25, 0.3) is 66.4 Å². The van der Waals surface area contributed by atoms with Crippen LogP contribution in [-0.2, 0) is 49.5 Å². The first-order valence-electron chi connectivity index (χ1n) is 19.7. The Hall–Kier alpha value is -4.47. The molecule has 0 radical (unpaired) electrons. The second-order valence-electron chi connectivity index (χ2n) is 16.8. The summed E-state index contributed by atoms with van der Waals surface area (Å²) in [5, 5.41) is 5.08. The van der Waals surface area contributed by atoms with Gasteiger partial charge in [-0.1, -0.05) is 150 Å². The first-order chi connectivity index (χ1) is 25.9. The summed E-state index contributed by atoms with van der Waals surface area (Å²) in [5.41, 5.74) is 10.5. The van der Waals surface area contributed by atoms with Gasteiger partial charge in [0.05, 0.1) is 23.0 Å². The Balaban J connectivity index is 0.000000184. The van der Waals surface area contributed by atoms with Crippen molar-refractivity contribution in [1.29, 1.82) is 0 Å². The maximum Gasteiger partial charge on any atom is 0.0927 e. The number of fused-ring (bicyclic) bond motifs is 2. The van der Waals surface area contributed by atoms with Gasteiger partial charge in [0.1, 0.15) is 0 Å². The molecule has 0 atom stereocenters. The Morgan fingerprint density at radius 2 is 0.855 bits per heavy atom. The van der Waals surface area contributed by atoms with Gasteiger partial charge in [0.2, 0.25) is 0 Å². The predicted molar refractivity (Wildman–Crippen MR) is 231 cm³/mol. The van der Waals surface area contributed by atoms with Crippen LogP contribution in [0.4, 0.5) is 0 Å². The first-order valence-corrected chi connectivity index (χ1v) is 19.7. The quantitative estimate of drug-likeness (QED) is 0.112. The third-order valence-corrected chi connectivity index (χ3v) is 10.5. The molecule has 0 N–H and O–H groups in total. The molecule has 0 fully saturated rings. The van der Waals surface area contributed by atoms with Crippen molar-refractivity contribution in [3.05, 3.63) is 156 Å². The van der Waals surface area contributed by atoms with Gasteiger partial charge in [-0.25, -0.2) is 0 Å². The van der Waals surface area contributed by atoms with Gasteiger partial charge in [0.25, 0.3) is 0 Å². The Morgan fingerprint density at radius 1 is 0.473 bits per heavy atom. The monoisotopic (exact) mass is 890 g/mol. The van der Waals surface area contributed by atoms with Crippen molar-refractivity contribution in [2.75, 3.05) is 0 Å². The van der Waals surface area contributed by atoms with Crippen LogP contribution in [0.3, 0.4) is 0 Å². The molecule has 3 heteroatoms. The Bertz CT molecular complexity index is 2290. The van der Waals surface area contributed by atoms with Crippen LogP contribution in [0.2, 0.25) is 0 Å². The molecule has 0 spiro atoms. The largest absolute Gasteiger partial charge is 0.496 e. The van der Waals surface area contributed by atoms with Crippen molar-refractivity contribution in [3.8, 4) is 44.9 Å². The van der Waals surface area contributed by atoms with E-state index in [1.165, 1.54) is 54.9 Å². The SMILES string of the molecule is CCCc1ccc(-c2cc3c(-c4ccc(C(C)(C)C)cc4)cccc3[cH-]2)o1.CCCc1ccc(-c2cc3c(-c4ccc(C(C)(C)C)cc4)cccc3[cH-]2)o1.[Hf]. The number of furan rings is 2. The van der Waals surface area contributed by atoms with Crippen molar-refractivity contribution < 1.29 is 34.7 Å². The third kappa shape index (κ3) is 9.00. The molecule has 0 aliphatic heterocycles. The van der Waals surface area contributed by atoms with E-state index in [0.717, 1.165) is 59.9 Å². The summed E-state index contributed by atoms with van der Waals surface area (Å²) >= 11 is 0. The molecular formula is C52H54HfO2-2. The number of hydrogen-bond acceptors (Lipinski definition) is 2. The fourth-order valence-electron chi connectivity index (χ4n) is 7.38. The molecule has 55 heavy (non-hydrogen) atoms. The second kappa shape index (κ2) is 16.7. The molecule has 0 bridgehead atoms. The van der Waals surface area contributed by atoms with Gasteiger partial charge < -0.3 is 8.83 Å². The van der Waals surface area contributed by atoms with Crippen LogP contribution < -0.4 is 0 Å². The van der Waals surface area contributed by atoms with E-state index in [0.29, 0.717) is 0 Å². The van der Waals surface area contributed by atoms with E-state index in [-0.39, 0.29) is 36.7 Å². The van der Waals surface area contributed by atoms with Gasteiger partial charge in [-0.15, -0.1) is 57.9 Å². The number of benzene rings is 4. The zero-order valence-corrected chi connectivity index (χ0v) is 37.4. The van der Waals surface area contributed by atoms with E-state index in [2.05, 4.69) is 189 Å². The van der Waals surface area contributed by atoms with E-state index in [1.54, 1.807) is 0 Å². The number of aryl methyl sites for hydroxylation is 2. The van der Waals surface area contributed by atoms with Crippen LogP contribution >= 0.6 is 0 Å². The van der Waals surface area contributed by atoms with Crippen LogP contribution in [0.15, 0.2) is 142 Å². The average Bonchev–Trinajstić information content (AvgIpc) is 3.97. The minimum atomic E-state index is 0. The van der Waals surface area contributed by atoms with E-state index < -0.39 is 0 Å². The Morgan fingerprint density at radius 3 is 1.20 bits per heavy atom. The van der Waals surface area contributed by atoms with Crippen LogP contribution in [0.1, 0.15) is 90.9 Å². The Labute approximate surface area is 347 Å². The van der Waals surface area contributed by atoms with E-state index in [9.17, 15) is 0 Å². The molecule has 0 amide bonds. The molecule has 0 saturated carbocycles. The molecule has 2 heterocycles. The van der Waals surface area contributed by atoms with Gasteiger partial charge in [-0.2, -0.15) is 0 Å². The Kier molecular flexibility index (Phi) is 12.2. The molecule has 0 aliphatic carbocycles. The molecule has 280 valence electrons. The predicted octanol–water partition coefficient (Wildman–Crippen LogP) is 15.5. The smallest absolute Gasteiger partial charge is 0.0927 e. The minimum Gasteiger partial charge on any atom is -0.496 e. The maximum atomic E-state index is 6.04. The topological polar surface area (TPSA) is 26.3 Å². The second-order valence-corrected chi connectivity index (χ2v) is 16.8. The van der Waals surface area contributed by atoms with Crippen molar-refractivity contribution in [2.45, 2.75) is 91.9 Å². The average molecular weight is 889 g/mol. The van der Waals surface area contributed by atoms with Crippen molar-refractivity contribution in [1.82, 2.24) is 0 Å². The van der Waals surface area contributed by atoms with E-state index in [4.69, 9.17) is 8.83 Å². The molecule has 2 nitrogen and oxygen atoms in total. The van der Waals surface area contributed by atoms with Gasteiger partial charge in [0, 0.05) is 38.7 Å². The van der Waals surface area contributed by atoms with Crippen molar-refractivity contribution >= 4 is 21.5 Å². The normalized spacial score (nSPS) is 11.8. The van der Waals surface area contributed by atoms with Gasteiger partial charge >= 0.3 is 0 Å². The fraction of sp³-hybridized carbons (Fsp3) is 0.269. The summed E-state index contributed by atoms with van der Waals surface area (Å²) in [6.45, 7) is 17.9. The molecule has 0 saturated heterocycles. The molecule has 8 aromatic rings. The molecule has 2 aromatic heterocycles. The number of hydrogen-bond donors (Lipinski definition) is 0. The van der Waals surface area contributed by atoms with E-state index in [1.807, 2.05) is 0 Å².